The Kier molecular flexibility index (Phi) is 5.43. The monoisotopic (exact) mass is 334 g/mol. The number of ether oxygens (including phenoxy) is 1. The molecular weight excluding hydrogens is 304 g/mol. The van der Waals surface area contributed by atoms with E-state index in [4.69, 9.17) is 4.74 Å². The van der Waals surface area contributed by atoms with Gasteiger partial charge >= 0.3 is 6.03 Å². The lowest BCUT2D eigenvalue weighted by molar-refractivity contribution is -0.126. The third kappa shape index (κ3) is 3.58. The van der Waals surface area contributed by atoms with Gasteiger partial charge in [-0.25, -0.2) is 4.79 Å². The standard InChI is InChI=1S/C18H30N4O2/c1-3-24-16-11-15(18(16)8-4-5-9-18)21-17(23)19-10-6-7-14-12-20-22(2)13-14/h12-13,15-16H,3-11H2,1-2H3,(H2,19,21,23)/t15-,16-/m0/s1. The molecule has 2 N–H and O–H groups in total. The number of aryl methyl sites for hydroxylation is 2. The molecule has 2 aliphatic rings. The molecule has 1 aromatic heterocycles. The third-order valence-corrected chi connectivity index (χ3v) is 5.68. The first-order valence-electron chi connectivity index (χ1n) is 9.27. The van der Waals surface area contributed by atoms with E-state index in [-0.39, 0.29) is 17.5 Å². The largest absolute Gasteiger partial charge is 0.378 e. The van der Waals surface area contributed by atoms with Crippen LogP contribution < -0.4 is 10.6 Å². The SMILES string of the molecule is CCO[C@H]1C[C@H](NC(=O)NCCCc2cnn(C)c2)C12CCCC2. The van der Waals surface area contributed by atoms with Crippen LogP contribution in [0, 0.1) is 5.41 Å². The molecule has 0 aliphatic heterocycles. The quantitative estimate of drug-likeness (QED) is 0.752. The van der Waals surface area contributed by atoms with Gasteiger partial charge < -0.3 is 15.4 Å². The molecule has 6 nitrogen and oxygen atoms in total. The van der Waals surface area contributed by atoms with Gasteiger partial charge in [0.25, 0.3) is 0 Å². The zero-order valence-electron chi connectivity index (χ0n) is 14.9. The highest BCUT2D eigenvalue weighted by atomic mass is 16.5. The van der Waals surface area contributed by atoms with E-state index in [0.717, 1.165) is 25.9 Å². The highest BCUT2D eigenvalue weighted by Gasteiger charge is 2.57. The van der Waals surface area contributed by atoms with Crippen LogP contribution in [0.4, 0.5) is 4.79 Å². The molecule has 0 saturated heterocycles. The molecule has 0 unspecified atom stereocenters. The van der Waals surface area contributed by atoms with E-state index in [1.807, 2.05) is 24.1 Å². The molecule has 2 amide bonds. The normalized spacial score (nSPS) is 24.8. The Morgan fingerprint density at radius 2 is 2.25 bits per heavy atom. The summed E-state index contributed by atoms with van der Waals surface area (Å²) in [6.45, 7) is 3.51. The van der Waals surface area contributed by atoms with Crippen LogP contribution >= 0.6 is 0 Å². The molecule has 2 atom stereocenters. The van der Waals surface area contributed by atoms with Crippen molar-refractivity contribution in [1.29, 1.82) is 0 Å². The van der Waals surface area contributed by atoms with E-state index in [2.05, 4.69) is 22.7 Å². The van der Waals surface area contributed by atoms with Crippen LogP contribution in [0.15, 0.2) is 12.4 Å². The fraction of sp³-hybridized carbons (Fsp3) is 0.778. The Labute approximate surface area is 144 Å². The smallest absolute Gasteiger partial charge is 0.315 e. The first kappa shape index (κ1) is 17.3. The van der Waals surface area contributed by atoms with Gasteiger partial charge in [-0.1, -0.05) is 12.8 Å². The van der Waals surface area contributed by atoms with Crippen molar-refractivity contribution in [2.24, 2.45) is 12.5 Å². The maximum absolute atomic E-state index is 12.2. The summed E-state index contributed by atoms with van der Waals surface area (Å²) in [5, 5.41) is 10.3. The summed E-state index contributed by atoms with van der Waals surface area (Å²) in [5.41, 5.74) is 1.41. The second-order valence-electron chi connectivity index (χ2n) is 7.20. The maximum atomic E-state index is 12.2. The number of nitrogens with zero attached hydrogens (tertiary/aromatic N) is 2. The van der Waals surface area contributed by atoms with Crippen molar-refractivity contribution in [3.8, 4) is 0 Å². The number of carbonyl (C=O) groups excluding carboxylic acids is 1. The van der Waals surface area contributed by atoms with Gasteiger partial charge in [0.2, 0.25) is 0 Å². The van der Waals surface area contributed by atoms with Crippen molar-refractivity contribution in [3.63, 3.8) is 0 Å². The summed E-state index contributed by atoms with van der Waals surface area (Å²) in [5.74, 6) is 0. The van der Waals surface area contributed by atoms with Crippen molar-refractivity contribution in [3.05, 3.63) is 18.0 Å². The molecule has 3 rings (SSSR count). The molecule has 1 aromatic rings. The minimum absolute atomic E-state index is 0.0348. The summed E-state index contributed by atoms with van der Waals surface area (Å²) >= 11 is 0. The van der Waals surface area contributed by atoms with Gasteiger partial charge in [-0.2, -0.15) is 5.10 Å². The maximum Gasteiger partial charge on any atom is 0.315 e. The summed E-state index contributed by atoms with van der Waals surface area (Å²) in [6, 6.07) is 0.238. The minimum Gasteiger partial charge on any atom is -0.378 e. The fourth-order valence-electron chi connectivity index (χ4n) is 4.39. The molecule has 6 heteroatoms. The van der Waals surface area contributed by atoms with E-state index < -0.39 is 0 Å². The van der Waals surface area contributed by atoms with Crippen molar-refractivity contribution in [2.45, 2.75) is 64.0 Å². The topological polar surface area (TPSA) is 68.2 Å². The number of urea groups is 1. The van der Waals surface area contributed by atoms with Crippen LogP contribution in [0.25, 0.3) is 0 Å². The van der Waals surface area contributed by atoms with E-state index in [1.54, 1.807) is 0 Å². The molecule has 0 radical (unpaired) electrons. The zero-order chi connectivity index (χ0) is 17.0. The number of nitrogens with one attached hydrogen (secondary N) is 2. The molecule has 134 valence electrons. The van der Waals surface area contributed by atoms with Gasteiger partial charge in [0.05, 0.1) is 12.3 Å². The molecule has 0 aromatic carbocycles. The van der Waals surface area contributed by atoms with Gasteiger partial charge in [-0.05, 0) is 44.6 Å². The summed E-state index contributed by atoms with van der Waals surface area (Å²) in [4.78, 5) is 12.2. The molecule has 1 heterocycles. The lowest BCUT2D eigenvalue weighted by atomic mass is 9.60. The van der Waals surface area contributed by atoms with Gasteiger partial charge in [0, 0.05) is 37.9 Å². The first-order chi connectivity index (χ1) is 11.6. The fourth-order valence-corrected chi connectivity index (χ4v) is 4.39. The van der Waals surface area contributed by atoms with Crippen LogP contribution in [-0.2, 0) is 18.2 Å². The average molecular weight is 334 g/mol. The number of aromatic nitrogens is 2. The van der Waals surface area contributed by atoms with Crippen LogP contribution in [0.1, 0.15) is 51.0 Å². The zero-order valence-corrected chi connectivity index (χ0v) is 14.9. The van der Waals surface area contributed by atoms with Crippen molar-refractivity contribution in [1.82, 2.24) is 20.4 Å². The van der Waals surface area contributed by atoms with Gasteiger partial charge in [-0.3, -0.25) is 4.68 Å². The lowest BCUT2D eigenvalue weighted by Gasteiger charge is -2.53. The van der Waals surface area contributed by atoms with Crippen LogP contribution in [-0.4, -0.2) is 41.1 Å². The number of amides is 2. The summed E-state index contributed by atoms with van der Waals surface area (Å²) in [7, 11) is 1.92. The molecule has 2 saturated carbocycles. The lowest BCUT2D eigenvalue weighted by Crippen LogP contribution is -2.64. The number of hydrogen-bond donors (Lipinski definition) is 2. The minimum atomic E-state index is -0.0348. The Balaban J connectivity index is 1.39. The van der Waals surface area contributed by atoms with Crippen molar-refractivity contribution < 1.29 is 9.53 Å². The molecule has 2 aliphatic carbocycles. The second kappa shape index (κ2) is 7.55. The van der Waals surface area contributed by atoms with Crippen LogP contribution in [0.2, 0.25) is 0 Å². The summed E-state index contributed by atoms with van der Waals surface area (Å²) in [6.07, 6.45) is 11.9. The van der Waals surface area contributed by atoms with E-state index >= 15 is 0 Å². The predicted octanol–water partition coefficient (Wildman–Crippen LogP) is 2.39. The van der Waals surface area contributed by atoms with Gasteiger partial charge in [-0.15, -0.1) is 0 Å². The molecule has 2 fully saturated rings. The third-order valence-electron chi connectivity index (χ3n) is 5.68. The summed E-state index contributed by atoms with van der Waals surface area (Å²) < 4.78 is 7.70. The van der Waals surface area contributed by atoms with Crippen LogP contribution in [0.3, 0.4) is 0 Å². The Morgan fingerprint density at radius 1 is 1.46 bits per heavy atom. The second-order valence-corrected chi connectivity index (χ2v) is 7.20. The highest BCUT2D eigenvalue weighted by molar-refractivity contribution is 5.74. The van der Waals surface area contributed by atoms with E-state index in [1.165, 1.54) is 31.2 Å². The average Bonchev–Trinajstić information content (AvgIpc) is 3.21. The Hall–Kier alpha value is -1.56. The Morgan fingerprint density at radius 3 is 2.92 bits per heavy atom. The number of hydrogen-bond acceptors (Lipinski definition) is 3. The molecular formula is C18H30N4O2. The number of rotatable bonds is 7. The molecule has 1 spiro atoms. The van der Waals surface area contributed by atoms with E-state index in [0.29, 0.717) is 12.6 Å². The van der Waals surface area contributed by atoms with Crippen molar-refractivity contribution >= 4 is 6.03 Å². The van der Waals surface area contributed by atoms with E-state index in [9.17, 15) is 4.79 Å². The number of carbonyl (C=O) groups is 1. The molecule has 24 heavy (non-hydrogen) atoms. The van der Waals surface area contributed by atoms with Crippen LogP contribution in [0.5, 0.6) is 0 Å². The highest BCUT2D eigenvalue weighted by Crippen LogP contribution is 2.54. The first-order valence-corrected chi connectivity index (χ1v) is 9.27. The predicted molar refractivity (Wildman–Crippen MR) is 92.8 cm³/mol. The van der Waals surface area contributed by atoms with Gasteiger partial charge in [0.15, 0.2) is 0 Å². The Bertz CT molecular complexity index is 551. The van der Waals surface area contributed by atoms with Gasteiger partial charge in [0.1, 0.15) is 0 Å². The molecule has 0 bridgehead atoms. The van der Waals surface area contributed by atoms with Crippen molar-refractivity contribution in [2.75, 3.05) is 13.2 Å².